The number of likely N-dealkylation sites (tertiary alicyclic amines) is 1. The highest BCUT2D eigenvalue weighted by Gasteiger charge is 2.37. The molecule has 1 aliphatic heterocycles. The van der Waals surface area contributed by atoms with Crippen molar-refractivity contribution in [2.75, 3.05) is 13.2 Å². The van der Waals surface area contributed by atoms with Crippen LogP contribution in [0.1, 0.15) is 26.2 Å². The summed E-state index contributed by atoms with van der Waals surface area (Å²) in [6.45, 7) is 2.79. The van der Waals surface area contributed by atoms with Crippen molar-refractivity contribution in [2.45, 2.75) is 32.2 Å². The molecule has 2 atom stereocenters. The van der Waals surface area contributed by atoms with Gasteiger partial charge in [-0.15, -0.1) is 0 Å². The Morgan fingerprint density at radius 1 is 1.41 bits per heavy atom. The lowest BCUT2D eigenvalue weighted by atomic mass is 10.0. The van der Waals surface area contributed by atoms with Crippen LogP contribution in [0.2, 0.25) is 0 Å². The summed E-state index contributed by atoms with van der Waals surface area (Å²) >= 11 is 3.40. The Kier molecular flexibility index (Phi) is 5.83. The average Bonchev–Trinajstić information content (AvgIpc) is 2.87. The fourth-order valence-corrected chi connectivity index (χ4v) is 3.13. The minimum Gasteiger partial charge on any atom is -0.492 e. The van der Waals surface area contributed by atoms with E-state index in [4.69, 9.17) is 9.84 Å². The molecule has 0 aromatic heterocycles. The third-order valence-corrected chi connectivity index (χ3v) is 4.68. The largest absolute Gasteiger partial charge is 0.492 e. The van der Waals surface area contributed by atoms with Crippen LogP contribution in [0, 0.1) is 5.92 Å². The van der Waals surface area contributed by atoms with E-state index in [0.29, 0.717) is 32.4 Å². The van der Waals surface area contributed by atoms with E-state index in [-0.39, 0.29) is 11.9 Å². The fourth-order valence-electron chi connectivity index (χ4n) is 2.73. The lowest BCUT2D eigenvalue weighted by molar-refractivity contribution is -0.143. The molecule has 1 fully saturated rings. The first-order valence-electron chi connectivity index (χ1n) is 7.40. The molecule has 1 aliphatic rings. The summed E-state index contributed by atoms with van der Waals surface area (Å²) in [6, 6.07) is 7.34. The number of carbonyl (C=O) groups excluding carboxylic acids is 1. The Morgan fingerprint density at radius 3 is 2.77 bits per heavy atom. The highest BCUT2D eigenvalue weighted by atomic mass is 79.9. The fraction of sp³-hybridized carbons (Fsp3) is 0.500. The third kappa shape index (κ3) is 4.00. The minimum absolute atomic E-state index is 0.00646. The molecule has 120 valence electrons. The average molecular weight is 370 g/mol. The monoisotopic (exact) mass is 369 g/mol. The van der Waals surface area contributed by atoms with Crippen LogP contribution >= 0.6 is 15.9 Å². The second kappa shape index (κ2) is 7.63. The summed E-state index contributed by atoms with van der Waals surface area (Å²) in [7, 11) is 0. The van der Waals surface area contributed by atoms with Crippen LogP contribution in [0.3, 0.4) is 0 Å². The third-order valence-electron chi connectivity index (χ3n) is 4.02. The SMILES string of the molecule is CC1C(C(=O)O)CCN1C(=O)CCCOc1ccccc1Br. The van der Waals surface area contributed by atoms with Crippen LogP contribution in [-0.2, 0) is 9.59 Å². The Labute approximate surface area is 138 Å². The molecule has 2 unspecified atom stereocenters. The van der Waals surface area contributed by atoms with Gasteiger partial charge in [-0.2, -0.15) is 0 Å². The molecule has 1 amide bonds. The molecule has 0 radical (unpaired) electrons. The molecule has 1 aromatic rings. The van der Waals surface area contributed by atoms with Crippen molar-refractivity contribution in [3.63, 3.8) is 0 Å². The van der Waals surface area contributed by atoms with Gasteiger partial charge in [-0.25, -0.2) is 0 Å². The normalized spacial score (nSPS) is 20.9. The number of carboxylic acids is 1. The molecule has 0 spiro atoms. The zero-order chi connectivity index (χ0) is 16.1. The molecule has 1 heterocycles. The number of benzene rings is 1. The van der Waals surface area contributed by atoms with Crippen molar-refractivity contribution in [1.82, 2.24) is 4.90 Å². The quantitative estimate of drug-likeness (QED) is 0.782. The van der Waals surface area contributed by atoms with Gasteiger partial charge in [0.15, 0.2) is 0 Å². The molecule has 0 aliphatic carbocycles. The van der Waals surface area contributed by atoms with Crippen molar-refractivity contribution in [1.29, 1.82) is 0 Å². The topological polar surface area (TPSA) is 66.8 Å². The minimum atomic E-state index is -0.819. The number of rotatable bonds is 6. The van der Waals surface area contributed by atoms with Gasteiger partial charge in [-0.3, -0.25) is 9.59 Å². The number of para-hydroxylation sites is 1. The standard InChI is InChI=1S/C16H20BrNO4/c1-11-12(16(20)21)8-9-18(11)15(19)7-4-10-22-14-6-3-2-5-13(14)17/h2-3,5-6,11-12H,4,7-10H2,1H3,(H,20,21). The van der Waals surface area contributed by atoms with Crippen molar-refractivity contribution >= 4 is 27.8 Å². The van der Waals surface area contributed by atoms with Gasteiger partial charge in [0.1, 0.15) is 5.75 Å². The lowest BCUT2D eigenvalue weighted by Crippen LogP contribution is -2.37. The first-order valence-corrected chi connectivity index (χ1v) is 8.19. The van der Waals surface area contributed by atoms with Gasteiger partial charge in [0.05, 0.1) is 17.0 Å². The van der Waals surface area contributed by atoms with E-state index in [1.165, 1.54) is 0 Å². The number of ether oxygens (including phenoxy) is 1. The Morgan fingerprint density at radius 2 is 2.14 bits per heavy atom. The van der Waals surface area contributed by atoms with Gasteiger partial charge in [0.2, 0.25) is 5.91 Å². The lowest BCUT2D eigenvalue weighted by Gasteiger charge is -2.23. The number of halogens is 1. The maximum Gasteiger partial charge on any atom is 0.308 e. The molecule has 0 bridgehead atoms. The van der Waals surface area contributed by atoms with Crippen LogP contribution in [-0.4, -0.2) is 41.1 Å². The van der Waals surface area contributed by atoms with Gasteiger partial charge < -0.3 is 14.7 Å². The first kappa shape index (κ1) is 16.8. The van der Waals surface area contributed by atoms with Crippen LogP contribution in [0.4, 0.5) is 0 Å². The van der Waals surface area contributed by atoms with Gasteiger partial charge in [-0.1, -0.05) is 12.1 Å². The van der Waals surface area contributed by atoms with Gasteiger partial charge in [0, 0.05) is 19.0 Å². The number of carboxylic acid groups (broad SMARTS) is 1. The van der Waals surface area contributed by atoms with E-state index < -0.39 is 11.9 Å². The number of carbonyl (C=O) groups is 2. The summed E-state index contributed by atoms with van der Waals surface area (Å²) in [5.41, 5.74) is 0. The van der Waals surface area contributed by atoms with Gasteiger partial charge in [-0.05, 0) is 47.8 Å². The maximum absolute atomic E-state index is 12.2. The van der Waals surface area contributed by atoms with E-state index in [1.54, 1.807) is 11.8 Å². The Bertz CT molecular complexity index is 549. The predicted molar refractivity (Wildman–Crippen MR) is 85.8 cm³/mol. The summed E-state index contributed by atoms with van der Waals surface area (Å²) in [4.78, 5) is 24.9. The van der Waals surface area contributed by atoms with E-state index in [2.05, 4.69) is 15.9 Å². The molecular formula is C16H20BrNO4. The molecule has 1 aromatic carbocycles. The van der Waals surface area contributed by atoms with Crippen molar-refractivity contribution in [2.24, 2.45) is 5.92 Å². The second-order valence-corrected chi connectivity index (χ2v) is 6.30. The summed E-state index contributed by atoms with van der Waals surface area (Å²) in [6.07, 6.45) is 1.53. The zero-order valence-electron chi connectivity index (χ0n) is 12.5. The van der Waals surface area contributed by atoms with Crippen molar-refractivity contribution < 1.29 is 19.4 Å². The first-order chi connectivity index (χ1) is 10.5. The number of nitrogens with zero attached hydrogens (tertiary/aromatic N) is 1. The Hall–Kier alpha value is -1.56. The molecule has 0 saturated carbocycles. The van der Waals surface area contributed by atoms with E-state index in [0.717, 1.165) is 10.2 Å². The summed E-state index contributed by atoms with van der Waals surface area (Å²) < 4.78 is 6.51. The number of hydrogen-bond donors (Lipinski definition) is 1. The van der Waals surface area contributed by atoms with Crippen LogP contribution < -0.4 is 4.74 Å². The van der Waals surface area contributed by atoms with E-state index in [9.17, 15) is 9.59 Å². The molecular weight excluding hydrogens is 350 g/mol. The number of amides is 1. The Balaban J connectivity index is 1.75. The van der Waals surface area contributed by atoms with Gasteiger partial charge >= 0.3 is 5.97 Å². The highest BCUT2D eigenvalue weighted by molar-refractivity contribution is 9.10. The van der Waals surface area contributed by atoms with Crippen LogP contribution in [0.15, 0.2) is 28.7 Å². The molecule has 1 saturated heterocycles. The maximum atomic E-state index is 12.2. The van der Waals surface area contributed by atoms with Crippen molar-refractivity contribution in [3.05, 3.63) is 28.7 Å². The predicted octanol–water partition coefficient (Wildman–Crippen LogP) is 2.93. The molecule has 2 rings (SSSR count). The molecule has 5 nitrogen and oxygen atoms in total. The smallest absolute Gasteiger partial charge is 0.308 e. The second-order valence-electron chi connectivity index (χ2n) is 5.44. The van der Waals surface area contributed by atoms with Crippen LogP contribution in [0.25, 0.3) is 0 Å². The van der Waals surface area contributed by atoms with E-state index in [1.807, 2.05) is 24.3 Å². The molecule has 22 heavy (non-hydrogen) atoms. The highest BCUT2D eigenvalue weighted by Crippen LogP contribution is 2.26. The zero-order valence-corrected chi connectivity index (χ0v) is 14.1. The van der Waals surface area contributed by atoms with Crippen LogP contribution in [0.5, 0.6) is 5.75 Å². The number of aliphatic carboxylic acids is 1. The molecule has 1 N–H and O–H groups in total. The summed E-state index contributed by atoms with van der Waals surface area (Å²) in [5, 5.41) is 9.09. The summed E-state index contributed by atoms with van der Waals surface area (Å²) in [5.74, 6) is -0.497. The van der Waals surface area contributed by atoms with Gasteiger partial charge in [0.25, 0.3) is 0 Å². The number of hydrogen-bond acceptors (Lipinski definition) is 3. The molecule has 6 heteroatoms. The van der Waals surface area contributed by atoms with E-state index >= 15 is 0 Å². The van der Waals surface area contributed by atoms with Crippen molar-refractivity contribution in [3.8, 4) is 5.75 Å².